The van der Waals surface area contributed by atoms with E-state index in [4.69, 9.17) is 0 Å². The van der Waals surface area contributed by atoms with Crippen LogP contribution in [-0.4, -0.2) is 43.5 Å². The van der Waals surface area contributed by atoms with Crippen LogP contribution in [0.2, 0.25) is 0 Å². The molecule has 130 valence electrons. The number of amides is 1. The second-order valence-electron chi connectivity index (χ2n) is 6.10. The minimum absolute atomic E-state index is 0.0386. The first-order chi connectivity index (χ1) is 10.8. The van der Waals surface area contributed by atoms with Gasteiger partial charge in [-0.15, -0.1) is 11.3 Å². The van der Waals surface area contributed by atoms with E-state index in [1.54, 1.807) is 18.4 Å². The molecule has 1 amide bonds. The first-order valence-electron chi connectivity index (χ1n) is 7.96. The largest absolute Gasteiger partial charge is 0.356 e. The standard InChI is InChI=1S/C16H29N5OS/c1-7-18-14(22)16(4,5)10-20-15(17-6)19-9-8-13-21-11(2)12(3)23-13/h7-10H2,1-6H3,(H,18,22)(H2,17,19,20). The van der Waals surface area contributed by atoms with Crippen molar-refractivity contribution in [2.75, 3.05) is 26.7 Å². The third-order valence-electron chi connectivity index (χ3n) is 3.58. The highest BCUT2D eigenvalue weighted by atomic mass is 32.1. The Kier molecular flexibility index (Phi) is 7.48. The smallest absolute Gasteiger partial charge is 0.227 e. The van der Waals surface area contributed by atoms with Gasteiger partial charge in [-0.3, -0.25) is 9.79 Å². The zero-order valence-electron chi connectivity index (χ0n) is 15.0. The molecule has 0 saturated heterocycles. The monoisotopic (exact) mass is 339 g/mol. The fraction of sp³-hybridized carbons (Fsp3) is 0.688. The molecule has 1 heterocycles. The number of rotatable bonds is 7. The molecular weight excluding hydrogens is 310 g/mol. The predicted octanol–water partition coefficient (Wildman–Crippen LogP) is 1.63. The molecule has 23 heavy (non-hydrogen) atoms. The van der Waals surface area contributed by atoms with Crippen molar-refractivity contribution in [2.24, 2.45) is 10.4 Å². The normalized spacial score (nSPS) is 12.2. The Labute approximate surface area is 143 Å². The lowest BCUT2D eigenvalue weighted by atomic mass is 9.92. The number of aromatic nitrogens is 1. The highest BCUT2D eigenvalue weighted by molar-refractivity contribution is 7.11. The van der Waals surface area contributed by atoms with E-state index in [0.717, 1.165) is 23.7 Å². The Morgan fingerprint density at radius 1 is 1.26 bits per heavy atom. The van der Waals surface area contributed by atoms with Gasteiger partial charge in [0.2, 0.25) is 5.91 Å². The van der Waals surface area contributed by atoms with E-state index in [-0.39, 0.29) is 5.91 Å². The van der Waals surface area contributed by atoms with E-state index in [1.165, 1.54) is 4.88 Å². The van der Waals surface area contributed by atoms with Crippen molar-refractivity contribution in [1.82, 2.24) is 20.9 Å². The molecule has 0 spiro atoms. The summed E-state index contributed by atoms with van der Waals surface area (Å²) in [6, 6.07) is 0. The van der Waals surface area contributed by atoms with Crippen LogP contribution in [0, 0.1) is 19.3 Å². The number of hydrogen-bond donors (Lipinski definition) is 3. The summed E-state index contributed by atoms with van der Waals surface area (Å²) >= 11 is 1.74. The van der Waals surface area contributed by atoms with E-state index >= 15 is 0 Å². The van der Waals surface area contributed by atoms with Gasteiger partial charge < -0.3 is 16.0 Å². The maximum atomic E-state index is 12.0. The summed E-state index contributed by atoms with van der Waals surface area (Å²) in [5.41, 5.74) is 0.619. The summed E-state index contributed by atoms with van der Waals surface area (Å²) in [7, 11) is 1.73. The summed E-state index contributed by atoms with van der Waals surface area (Å²) < 4.78 is 0. The van der Waals surface area contributed by atoms with E-state index in [9.17, 15) is 4.79 Å². The van der Waals surface area contributed by atoms with Crippen LogP contribution in [0.5, 0.6) is 0 Å². The maximum absolute atomic E-state index is 12.0. The number of carbonyl (C=O) groups excluding carboxylic acids is 1. The van der Waals surface area contributed by atoms with Gasteiger partial charge in [0.1, 0.15) is 0 Å². The van der Waals surface area contributed by atoms with Gasteiger partial charge in [0.15, 0.2) is 5.96 Å². The van der Waals surface area contributed by atoms with Crippen LogP contribution in [0.4, 0.5) is 0 Å². The van der Waals surface area contributed by atoms with Gasteiger partial charge in [-0.2, -0.15) is 0 Å². The van der Waals surface area contributed by atoms with Gasteiger partial charge >= 0.3 is 0 Å². The van der Waals surface area contributed by atoms with Crippen LogP contribution in [-0.2, 0) is 11.2 Å². The van der Waals surface area contributed by atoms with Crippen molar-refractivity contribution in [3.8, 4) is 0 Å². The van der Waals surface area contributed by atoms with E-state index in [0.29, 0.717) is 19.0 Å². The molecule has 0 aromatic carbocycles. The number of hydrogen-bond acceptors (Lipinski definition) is 4. The number of guanidine groups is 1. The molecule has 1 aromatic rings. The number of aryl methyl sites for hydroxylation is 2. The minimum atomic E-state index is -0.489. The van der Waals surface area contributed by atoms with Gasteiger partial charge in [-0.05, 0) is 34.6 Å². The highest BCUT2D eigenvalue weighted by Gasteiger charge is 2.27. The summed E-state index contributed by atoms with van der Waals surface area (Å²) in [5.74, 6) is 0.740. The predicted molar refractivity (Wildman–Crippen MR) is 97.1 cm³/mol. The van der Waals surface area contributed by atoms with Crippen LogP contribution in [0.15, 0.2) is 4.99 Å². The number of nitrogens with one attached hydrogen (secondary N) is 3. The molecular formula is C16H29N5OS. The van der Waals surface area contributed by atoms with Crippen LogP contribution in [0.1, 0.15) is 36.3 Å². The van der Waals surface area contributed by atoms with Gasteiger partial charge in [0.25, 0.3) is 0 Å². The second kappa shape index (κ2) is 8.86. The Hall–Kier alpha value is -1.63. The third-order valence-corrected chi connectivity index (χ3v) is 4.71. The summed E-state index contributed by atoms with van der Waals surface area (Å²) in [6.45, 7) is 11.8. The molecule has 0 aliphatic rings. The highest BCUT2D eigenvalue weighted by Crippen LogP contribution is 2.16. The van der Waals surface area contributed by atoms with Crippen molar-refractivity contribution in [2.45, 2.75) is 41.0 Å². The molecule has 0 fully saturated rings. The molecule has 3 N–H and O–H groups in total. The van der Waals surface area contributed by atoms with Crippen molar-refractivity contribution in [1.29, 1.82) is 0 Å². The van der Waals surface area contributed by atoms with Crippen molar-refractivity contribution in [3.63, 3.8) is 0 Å². The first kappa shape index (κ1) is 19.4. The Bertz CT molecular complexity index is 531. The fourth-order valence-corrected chi connectivity index (χ4v) is 2.87. The van der Waals surface area contributed by atoms with Crippen LogP contribution >= 0.6 is 11.3 Å². The Morgan fingerprint density at radius 2 is 1.96 bits per heavy atom. The molecule has 1 aromatic heterocycles. The maximum Gasteiger partial charge on any atom is 0.227 e. The van der Waals surface area contributed by atoms with Crippen molar-refractivity contribution >= 4 is 23.2 Å². The third kappa shape index (κ3) is 6.17. The summed E-state index contributed by atoms with van der Waals surface area (Å²) in [6.07, 6.45) is 0.861. The molecule has 0 radical (unpaired) electrons. The topological polar surface area (TPSA) is 78.4 Å². The lowest BCUT2D eigenvalue weighted by molar-refractivity contribution is -0.128. The molecule has 0 unspecified atom stereocenters. The number of carbonyl (C=O) groups is 1. The Balaban J connectivity index is 2.41. The number of nitrogens with zero attached hydrogens (tertiary/aromatic N) is 2. The summed E-state index contributed by atoms with van der Waals surface area (Å²) in [4.78, 5) is 22.0. The van der Waals surface area contributed by atoms with Gasteiger partial charge in [-0.1, -0.05) is 0 Å². The van der Waals surface area contributed by atoms with Gasteiger partial charge in [0.05, 0.1) is 16.1 Å². The molecule has 6 nitrogen and oxygen atoms in total. The van der Waals surface area contributed by atoms with E-state index in [2.05, 4.69) is 32.9 Å². The SMILES string of the molecule is CCNC(=O)C(C)(C)CNC(=NC)NCCc1nc(C)c(C)s1. The van der Waals surface area contributed by atoms with Crippen LogP contribution in [0.3, 0.4) is 0 Å². The van der Waals surface area contributed by atoms with Gasteiger partial charge in [-0.25, -0.2) is 4.98 Å². The van der Waals surface area contributed by atoms with Gasteiger partial charge in [0, 0.05) is 38.0 Å². The summed E-state index contributed by atoms with van der Waals surface area (Å²) in [5, 5.41) is 10.5. The van der Waals surface area contributed by atoms with E-state index in [1.807, 2.05) is 27.7 Å². The molecule has 0 aliphatic heterocycles. The lowest BCUT2D eigenvalue weighted by Gasteiger charge is -2.24. The van der Waals surface area contributed by atoms with E-state index < -0.39 is 5.41 Å². The molecule has 7 heteroatoms. The average molecular weight is 340 g/mol. The molecule has 0 aliphatic carbocycles. The van der Waals surface area contributed by atoms with Crippen LogP contribution in [0.25, 0.3) is 0 Å². The lowest BCUT2D eigenvalue weighted by Crippen LogP contribution is -2.48. The molecule has 1 rings (SSSR count). The van der Waals surface area contributed by atoms with Crippen molar-refractivity contribution in [3.05, 3.63) is 15.6 Å². The average Bonchev–Trinajstić information content (AvgIpc) is 2.81. The molecule has 0 atom stereocenters. The number of thiazole rings is 1. The zero-order valence-corrected chi connectivity index (χ0v) is 15.9. The van der Waals surface area contributed by atoms with Crippen LogP contribution < -0.4 is 16.0 Å². The fourth-order valence-electron chi connectivity index (χ4n) is 1.94. The molecule has 0 bridgehead atoms. The molecule has 0 saturated carbocycles. The Morgan fingerprint density at radius 3 is 2.48 bits per heavy atom. The first-order valence-corrected chi connectivity index (χ1v) is 8.77. The zero-order chi connectivity index (χ0) is 17.5. The second-order valence-corrected chi connectivity index (χ2v) is 7.38. The number of aliphatic imine (C=N–C) groups is 1. The quantitative estimate of drug-likeness (QED) is 0.521. The van der Waals surface area contributed by atoms with Crippen molar-refractivity contribution < 1.29 is 4.79 Å². The minimum Gasteiger partial charge on any atom is -0.356 e.